The quantitative estimate of drug-likeness (QED) is 0.945. The minimum atomic E-state index is 0.594. The summed E-state index contributed by atoms with van der Waals surface area (Å²) in [6.45, 7) is 3.15. The fourth-order valence-corrected chi connectivity index (χ4v) is 4.30. The van der Waals surface area contributed by atoms with Crippen molar-refractivity contribution in [2.75, 3.05) is 19.6 Å². The van der Waals surface area contributed by atoms with Gasteiger partial charge in [-0.2, -0.15) is 5.10 Å². The minimum absolute atomic E-state index is 0.594. The Morgan fingerprint density at radius 2 is 2.09 bits per heavy atom. The summed E-state index contributed by atoms with van der Waals surface area (Å²) in [7, 11) is 2.08. The van der Waals surface area contributed by atoms with E-state index in [0.717, 1.165) is 24.7 Å². The number of piperidine rings is 3. The Kier molecular flexibility index (Phi) is 3.51. The molecule has 3 fully saturated rings. The van der Waals surface area contributed by atoms with Gasteiger partial charge >= 0.3 is 0 Å². The van der Waals surface area contributed by atoms with E-state index in [4.69, 9.17) is 10.8 Å². The van der Waals surface area contributed by atoms with Gasteiger partial charge in [0.25, 0.3) is 0 Å². The van der Waals surface area contributed by atoms with Crippen LogP contribution in [-0.2, 0) is 7.05 Å². The molecule has 4 atom stereocenters. The monoisotopic (exact) mass is 296 g/mol. The zero-order chi connectivity index (χ0) is 15.1. The molecule has 1 unspecified atom stereocenters. The summed E-state index contributed by atoms with van der Waals surface area (Å²) in [5.74, 6) is 1.36. The number of fused-ring (bicyclic) bond motifs is 3. The third-order valence-corrected chi connectivity index (χ3v) is 5.52. The Hall–Kier alpha value is -1.65. The van der Waals surface area contributed by atoms with Gasteiger partial charge in [-0.15, -0.1) is 0 Å². The maximum absolute atomic E-state index is 5.92. The van der Waals surface area contributed by atoms with E-state index in [9.17, 15) is 0 Å². The van der Waals surface area contributed by atoms with Crippen LogP contribution in [0.4, 0.5) is 0 Å². The molecule has 0 aliphatic carbocycles. The van der Waals surface area contributed by atoms with Crippen LogP contribution in [0.25, 0.3) is 11.3 Å². The van der Waals surface area contributed by atoms with E-state index < -0.39 is 0 Å². The van der Waals surface area contributed by atoms with Crippen LogP contribution < -0.4 is 5.73 Å². The van der Waals surface area contributed by atoms with Gasteiger partial charge in [-0.05, 0) is 31.4 Å². The molecule has 1 aromatic heterocycles. The standard InChI is InChI=1S/C18H24N4/c1-21-18(10-17(20-21)13-5-3-2-4-6-13)16-12-22-8-7-14(16)9-15(22)11-19/h2-6,10,14-16H,7-9,11-12,19H2,1H3/t14-,15+,16+/m0/s1. The highest BCUT2D eigenvalue weighted by atomic mass is 15.3. The van der Waals surface area contributed by atoms with Crippen molar-refractivity contribution in [3.8, 4) is 11.3 Å². The van der Waals surface area contributed by atoms with Gasteiger partial charge < -0.3 is 5.73 Å². The lowest BCUT2D eigenvalue weighted by molar-refractivity contribution is 0.0322. The number of hydrogen-bond donors (Lipinski definition) is 1. The number of aryl methyl sites for hydroxylation is 1. The van der Waals surface area contributed by atoms with E-state index in [0.29, 0.717) is 12.0 Å². The van der Waals surface area contributed by atoms with Crippen LogP contribution in [0, 0.1) is 5.92 Å². The van der Waals surface area contributed by atoms with Crippen molar-refractivity contribution < 1.29 is 0 Å². The van der Waals surface area contributed by atoms with Crippen molar-refractivity contribution in [3.05, 3.63) is 42.1 Å². The molecule has 22 heavy (non-hydrogen) atoms. The van der Waals surface area contributed by atoms with E-state index in [-0.39, 0.29) is 0 Å². The number of rotatable bonds is 3. The zero-order valence-corrected chi connectivity index (χ0v) is 13.2. The van der Waals surface area contributed by atoms with Crippen LogP contribution >= 0.6 is 0 Å². The van der Waals surface area contributed by atoms with Crippen molar-refractivity contribution in [1.82, 2.24) is 14.7 Å². The molecule has 2 bridgehead atoms. The molecular formula is C18H24N4. The van der Waals surface area contributed by atoms with Gasteiger partial charge in [0.2, 0.25) is 0 Å². The second kappa shape index (κ2) is 5.52. The molecule has 4 heterocycles. The lowest BCUT2D eigenvalue weighted by Gasteiger charge is -2.49. The van der Waals surface area contributed by atoms with Crippen LogP contribution in [0.3, 0.4) is 0 Å². The summed E-state index contributed by atoms with van der Waals surface area (Å²) < 4.78 is 2.09. The van der Waals surface area contributed by atoms with Gasteiger partial charge in [0.15, 0.2) is 0 Å². The van der Waals surface area contributed by atoms with Crippen molar-refractivity contribution in [1.29, 1.82) is 0 Å². The van der Waals surface area contributed by atoms with Crippen molar-refractivity contribution in [2.45, 2.75) is 24.8 Å². The number of aromatic nitrogens is 2. The SMILES string of the molecule is Cn1nc(-c2ccccc2)cc1[C@@H]1CN2CC[C@H]1C[C@@H]2CN. The number of nitrogens with two attached hydrogens (primary N) is 1. The van der Waals surface area contributed by atoms with E-state index in [1.807, 2.05) is 6.07 Å². The molecule has 5 rings (SSSR count). The molecule has 0 amide bonds. The molecule has 3 saturated heterocycles. The van der Waals surface area contributed by atoms with Crippen molar-refractivity contribution >= 4 is 0 Å². The summed E-state index contributed by atoms with van der Waals surface area (Å²) >= 11 is 0. The fraction of sp³-hybridized carbons (Fsp3) is 0.500. The molecule has 0 spiro atoms. The van der Waals surface area contributed by atoms with Gasteiger partial charge in [0, 0.05) is 43.4 Å². The highest BCUT2D eigenvalue weighted by Gasteiger charge is 2.41. The Morgan fingerprint density at radius 3 is 2.77 bits per heavy atom. The number of benzene rings is 1. The summed E-state index contributed by atoms with van der Waals surface area (Å²) in [6, 6.07) is 13.3. The Morgan fingerprint density at radius 1 is 1.27 bits per heavy atom. The Labute approximate surface area is 131 Å². The number of hydrogen-bond acceptors (Lipinski definition) is 3. The first-order valence-corrected chi connectivity index (χ1v) is 8.29. The third-order valence-electron chi connectivity index (χ3n) is 5.52. The molecule has 4 heteroatoms. The summed E-state index contributed by atoms with van der Waals surface area (Å²) in [5.41, 5.74) is 9.59. The highest BCUT2D eigenvalue weighted by Crippen LogP contribution is 2.42. The average molecular weight is 296 g/mol. The van der Waals surface area contributed by atoms with E-state index in [2.05, 4.69) is 47.0 Å². The second-order valence-electron chi connectivity index (χ2n) is 6.72. The van der Waals surface area contributed by atoms with Gasteiger partial charge in [-0.1, -0.05) is 30.3 Å². The third kappa shape index (κ3) is 2.27. The molecule has 1 aromatic carbocycles. The molecule has 0 saturated carbocycles. The highest BCUT2D eigenvalue weighted by molar-refractivity contribution is 5.59. The normalized spacial score (nSPS) is 30.6. The van der Waals surface area contributed by atoms with Gasteiger partial charge in [0.05, 0.1) is 5.69 Å². The predicted octanol–water partition coefficient (Wildman–Crippen LogP) is 2.22. The van der Waals surface area contributed by atoms with Gasteiger partial charge in [-0.3, -0.25) is 9.58 Å². The molecule has 3 aliphatic rings. The van der Waals surface area contributed by atoms with Crippen LogP contribution in [0.15, 0.2) is 36.4 Å². The maximum atomic E-state index is 5.92. The lowest BCUT2D eigenvalue weighted by Crippen LogP contribution is -2.55. The molecule has 2 aromatic rings. The molecule has 3 aliphatic heterocycles. The summed E-state index contributed by atoms with van der Waals surface area (Å²) in [4.78, 5) is 2.58. The molecule has 0 radical (unpaired) electrons. The molecule has 4 nitrogen and oxygen atoms in total. The first kappa shape index (κ1) is 14.0. The Bertz CT molecular complexity index is 648. The van der Waals surface area contributed by atoms with E-state index >= 15 is 0 Å². The largest absolute Gasteiger partial charge is 0.329 e. The zero-order valence-electron chi connectivity index (χ0n) is 13.2. The summed E-state index contributed by atoms with van der Waals surface area (Å²) in [5, 5.41) is 4.75. The lowest BCUT2D eigenvalue weighted by atomic mass is 9.74. The van der Waals surface area contributed by atoms with Crippen LogP contribution in [0.1, 0.15) is 24.5 Å². The molecular weight excluding hydrogens is 272 g/mol. The van der Waals surface area contributed by atoms with Gasteiger partial charge in [0.1, 0.15) is 0 Å². The van der Waals surface area contributed by atoms with E-state index in [1.54, 1.807) is 0 Å². The van der Waals surface area contributed by atoms with Crippen molar-refractivity contribution in [3.63, 3.8) is 0 Å². The smallest absolute Gasteiger partial charge is 0.0926 e. The maximum Gasteiger partial charge on any atom is 0.0926 e. The summed E-state index contributed by atoms with van der Waals surface area (Å²) in [6.07, 6.45) is 2.54. The number of nitrogens with zero attached hydrogens (tertiary/aromatic N) is 3. The fourth-order valence-electron chi connectivity index (χ4n) is 4.30. The first-order valence-electron chi connectivity index (χ1n) is 8.29. The second-order valence-corrected chi connectivity index (χ2v) is 6.72. The molecule has 116 valence electrons. The Balaban J connectivity index is 1.63. The van der Waals surface area contributed by atoms with E-state index in [1.165, 1.54) is 30.6 Å². The molecule has 2 N–H and O–H groups in total. The van der Waals surface area contributed by atoms with Crippen LogP contribution in [-0.4, -0.2) is 40.4 Å². The first-order chi connectivity index (χ1) is 10.8. The van der Waals surface area contributed by atoms with Crippen molar-refractivity contribution in [2.24, 2.45) is 18.7 Å². The minimum Gasteiger partial charge on any atom is -0.329 e. The topological polar surface area (TPSA) is 47.1 Å². The average Bonchev–Trinajstić information content (AvgIpc) is 2.97. The van der Waals surface area contributed by atoms with Crippen LogP contribution in [0.5, 0.6) is 0 Å². The predicted molar refractivity (Wildman–Crippen MR) is 88.5 cm³/mol. The van der Waals surface area contributed by atoms with Crippen LogP contribution in [0.2, 0.25) is 0 Å². The van der Waals surface area contributed by atoms with Gasteiger partial charge in [-0.25, -0.2) is 0 Å².